The number of nitrogens with one attached hydrogen (secondary N) is 3. The number of carbonyl (C=O) groups is 1. The number of nitriles is 1. The number of likely N-dealkylation sites (tertiary alicyclic amines) is 1. The summed E-state index contributed by atoms with van der Waals surface area (Å²) in [4.78, 5) is 18.0. The first-order valence-corrected chi connectivity index (χ1v) is 19.7. The number of aromatic nitrogens is 5. The Kier molecular flexibility index (Phi) is 14.5. The number of benzene rings is 3. The van der Waals surface area contributed by atoms with Crippen molar-refractivity contribution < 1.29 is 19.0 Å². The van der Waals surface area contributed by atoms with Gasteiger partial charge in [0.25, 0.3) is 0 Å². The van der Waals surface area contributed by atoms with Gasteiger partial charge in [-0.1, -0.05) is 48.9 Å². The molecule has 57 heavy (non-hydrogen) atoms. The van der Waals surface area contributed by atoms with Gasteiger partial charge in [-0.2, -0.15) is 5.26 Å². The molecular weight excluding hydrogens is 742 g/mol. The fourth-order valence-corrected chi connectivity index (χ4v) is 7.29. The van der Waals surface area contributed by atoms with Gasteiger partial charge in [0, 0.05) is 81.2 Å². The standard InChI is InChI=1S/C43H50ClN9O4/c1-28(43-49-51-52-50-43)22-46-25-35-19-39(44)42(20-41(35)56-26-33-18-32(21-45)23-47-24-33)57-27-34-8-5-9-37(29(34)2)38-10-6-11-40(30(38)3)55-17-7-14-53-15-12-36(13-16-53)48-31(4)54/h5-6,8-11,18-20,23-24,28,36,46H,7,12-17,22,25-27H2,1-4H3,(H,48,54)(H,49,50,51,52). The van der Waals surface area contributed by atoms with Gasteiger partial charge in [-0.05, 0) is 89.6 Å². The Morgan fingerprint density at radius 1 is 0.982 bits per heavy atom. The predicted molar refractivity (Wildman–Crippen MR) is 218 cm³/mol. The fourth-order valence-electron chi connectivity index (χ4n) is 7.05. The molecule has 298 valence electrons. The highest BCUT2D eigenvalue weighted by Crippen LogP contribution is 2.36. The van der Waals surface area contributed by atoms with E-state index in [1.807, 2.05) is 37.3 Å². The van der Waals surface area contributed by atoms with Crippen LogP contribution in [0.1, 0.15) is 78.2 Å². The molecule has 0 aliphatic carbocycles. The molecule has 3 heterocycles. The molecule has 1 amide bonds. The Morgan fingerprint density at radius 2 is 1.75 bits per heavy atom. The van der Waals surface area contributed by atoms with E-state index < -0.39 is 0 Å². The zero-order chi connectivity index (χ0) is 40.1. The summed E-state index contributed by atoms with van der Waals surface area (Å²) in [5.41, 5.74) is 7.53. The first kappa shape index (κ1) is 41.1. The first-order valence-electron chi connectivity index (χ1n) is 19.4. The molecule has 1 saturated heterocycles. The molecule has 1 atom stereocenters. The Hall–Kier alpha value is -5.55. The molecule has 0 spiro atoms. The number of halogens is 1. The van der Waals surface area contributed by atoms with Crippen LogP contribution < -0.4 is 24.8 Å². The van der Waals surface area contributed by atoms with E-state index in [2.05, 4.69) is 79.3 Å². The Labute approximate surface area is 339 Å². The van der Waals surface area contributed by atoms with E-state index in [1.54, 1.807) is 19.2 Å². The maximum atomic E-state index is 11.4. The zero-order valence-electron chi connectivity index (χ0n) is 33.0. The van der Waals surface area contributed by atoms with Crippen LogP contribution in [0.5, 0.6) is 17.2 Å². The second-order valence-corrected chi connectivity index (χ2v) is 14.9. The molecule has 14 heteroatoms. The largest absolute Gasteiger partial charge is 0.493 e. The average molecular weight is 792 g/mol. The normalized spacial score (nSPS) is 13.8. The van der Waals surface area contributed by atoms with Crippen LogP contribution in [0.15, 0.2) is 67.0 Å². The molecule has 3 aromatic carbocycles. The van der Waals surface area contributed by atoms with Crippen molar-refractivity contribution >= 4 is 17.5 Å². The summed E-state index contributed by atoms with van der Waals surface area (Å²) < 4.78 is 19.0. The van der Waals surface area contributed by atoms with Gasteiger partial charge in [0.1, 0.15) is 36.5 Å². The van der Waals surface area contributed by atoms with Crippen LogP contribution >= 0.6 is 11.6 Å². The average Bonchev–Trinajstić information content (AvgIpc) is 3.76. The van der Waals surface area contributed by atoms with Crippen LogP contribution in [0.2, 0.25) is 5.02 Å². The van der Waals surface area contributed by atoms with Crippen LogP contribution in [0.25, 0.3) is 11.1 Å². The van der Waals surface area contributed by atoms with E-state index in [-0.39, 0.29) is 24.5 Å². The van der Waals surface area contributed by atoms with Crippen molar-refractivity contribution in [2.24, 2.45) is 0 Å². The highest BCUT2D eigenvalue weighted by Gasteiger charge is 2.20. The number of piperidine rings is 1. The predicted octanol–water partition coefficient (Wildman–Crippen LogP) is 6.82. The molecule has 1 aliphatic rings. The third kappa shape index (κ3) is 11.3. The van der Waals surface area contributed by atoms with Gasteiger partial charge < -0.3 is 29.7 Å². The summed E-state index contributed by atoms with van der Waals surface area (Å²) in [6.45, 7) is 13.0. The van der Waals surface area contributed by atoms with E-state index in [1.165, 1.54) is 6.20 Å². The maximum absolute atomic E-state index is 11.4. The lowest BCUT2D eigenvalue weighted by atomic mass is 9.93. The number of carbonyl (C=O) groups excluding carboxylic acids is 1. The minimum atomic E-state index is 0.0475. The Morgan fingerprint density at radius 3 is 2.51 bits per heavy atom. The van der Waals surface area contributed by atoms with Crippen LogP contribution in [-0.4, -0.2) is 75.2 Å². The summed E-state index contributed by atoms with van der Waals surface area (Å²) in [6, 6.07) is 20.3. The third-order valence-corrected chi connectivity index (χ3v) is 10.6. The van der Waals surface area contributed by atoms with Crippen molar-refractivity contribution in [3.63, 3.8) is 0 Å². The van der Waals surface area contributed by atoms with Gasteiger partial charge >= 0.3 is 0 Å². The Balaban J connectivity index is 1.10. The molecule has 3 N–H and O–H groups in total. The van der Waals surface area contributed by atoms with E-state index in [4.69, 9.17) is 25.8 Å². The molecule has 5 aromatic rings. The summed E-state index contributed by atoms with van der Waals surface area (Å²) >= 11 is 6.85. The highest BCUT2D eigenvalue weighted by atomic mass is 35.5. The van der Waals surface area contributed by atoms with Crippen LogP contribution in [-0.2, 0) is 24.6 Å². The first-order chi connectivity index (χ1) is 27.7. The number of pyridine rings is 1. The molecule has 1 aliphatic heterocycles. The highest BCUT2D eigenvalue weighted by molar-refractivity contribution is 6.32. The third-order valence-electron chi connectivity index (χ3n) is 10.3. The van der Waals surface area contributed by atoms with Crippen molar-refractivity contribution in [1.82, 2.24) is 41.1 Å². The lowest BCUT2D eigenvalue weighted by Gasteiger charge is -2.32. The van der Waals surface area contributed by atoms with Crippen molar-refractivity contribution in [2.75, 3.05) is 32.8 Å². The van der Waals surface area contributed by atoms with Gasteiger partial charge in [-0.15, -0.1) is 5.10 Å². The van der Waals surface area contributed by atoms with Crippen LogP contribution in [0.4, 0.5) is 0 Å². The quantitative estimate of drug-likeness (QED) is 0.0798. The number of H-pyrrole nitrogens is 1. The second-order valence-electron chi connectivity index (χ2n) is 14.5. The fraction of sp³-hybridized carbons (Fsp3) is 0.395. The number of rotatable bonds is 18. The lowest BCUT2D eigenvalue weighted by molar-refractivity contribution is -0.119. The van der Waals surface area contributed by atoms with Crippen molar-refractivity contribution in [2.45, 2.75) is 78.7 Å². The summed E-state index contributed by atoms with van der Waals surface area (Å²) in [6.07, 6.45) is 6.11. The van der Waals surface area contributed by atoms with Crippen molar-refractivity contribution in [3.05, 3.63) is 111 Å². The number of aromatic amines is 1. The Bertz CT molecular complexity index is 2150. The van der Waals surface area contributed by atoms with Gasteiger partial charge in [0.2, 0.25) is 5.91 Å². The van der Waals surface area contributed by atoms with Gasteiger partial charge in [0.15, 0.2) is 5.82 Å². The van der Waals surface area contributed by atoms with Gasteiger partial charge in [0.05, 0.1) is 17.2 Å². The molecule has 6 rings (SSSR count). The SMILES string of the molecule is CC(=O)NC1CCN(CCCOc2cccc(-c3cccc(COc4cc(OCc5cncc(C#N)c5)c(CNCC(C)c5nnn[nH]5)cc4Cl)c3C)c2C)CC1. The van der Waals surface area contributed by atoms with Crippen LogP contribution in [0.3, 0.4) is 0 Å². The molecule has 0 radical (unpaired) electrons. The lowest BCUT2D eigenvalue weighted by Crippen LogP contribution is -2.44. The van der Waals surface area contributed by atoms with E-state index in [9.17, 15) is 10.1 Å². The number of hydrogen-bond donors (Lipinski definition) is 3. The minimum absolute atomic E-state index is 0.0475. The molecule has 1 unspecified atom stereocenters. The van der Waals surface area contributed by atoms with Crippen molar-refractivity contribution in [1.29, 1.82) is 5.26 Å². The number of amides is 1. The number of ether oxygens (including phenoxy) is 3. The second kappa shape index (κ2) is 20.0. The summed E-state index contributed by atoms with van der Waals surface area (Å²) in [7, 11) is 0. The summed E-state index contributed by atoms with van der Waals surface area (Å²) in [5, 5.41) is 30.5. The molecule has 0 bridgehead atoms. The molecule has 0 saturated carbocycles. The molecular formula is C43H50ClN9O4. The van der Waals surface area contributed by atoms with E-state index >= 15 is 0 Å². The number of tetrazole rings is 1. The minimum Gasteiger partial charge on any atom is -0.493 e. The summed E-state index contributed by atoms with van der Waals surface area (Å²) in [5.74, 6) is 2.78. The maximum Gasteiger partial charge on any atom is 0.217 e. The van der Waals surface area contributed by atoms with Crippen molar-refractivity contribution in [3.8, 4) is 34.4 Å². The smallest absolute Gasteiger partial charge is 0.217 e. The topological polar surface area (TPSA) is 163 Å². The van der Waals surface area contributed by atoms with Gasteiger partial charge in [-0.25, -0.2) is 5.10 Å². The van der Waals surface area contributed by atoms with E-state index in [0.717, 1.165) is 83.6 Å². The zero-order valence-corrected chi connectivity index (χ0v) is 33.7. The van der Waals surface area contributed by atoms with Crippen LogP contribution in [0, 0.1) is 25.2 Å². The van der Waals surface area contributed by atoms with Gasteiger partial charge in [-0.3, -0.25) is 9.78 Å². The molecule has 2 aromatic heterocycles. The molecule has 1 fully saturated rings. The number of hydrogen-bond acceptors (Lipinski definition) is 11. The molecule has 13 nitrogen and oxygen atoms in total. The number of nitrogens with zero attached hydrogens (tertiary/aromatic N) is 6. The monoisotopic (exact) mass is 791 g/mol. The van der Waals surface area contributed by atoms with E-state index in [0.29, 0.717) is 54.2 Å².